The number of Topliss-reactive ketones (excluding diaryl/α,β-unsaturated/α-hetero) is 1. The van der Waals surface area contributed by atoms with Crippen molar-refractivity contribution in [1.29, 1.82) is 0 Å². The van der Waals surface area contributed by atoms with Crippen LogP contribution in [0.4, 0.5) is 4.39 Å². The van der Waals surface area contributed by atoms with E-state index < -0.39 is 11.9 Å². The second kappa shape index (κ2) is 3.38. The Morgan fingerprint density at radius 2 is 2.29 bits per heavy atom. The smallest absolute Gasteiger partial charge is 0.183 e. The molecule has 0 aromatic heterocycles. The summed E-state index contributed by atoms with van der Waals surface area (Å²) >= 11 is 0. The first-order valence-electron chi connectivity index (χ1n) is 4.41. The molecule has 0 saturated carbocycles. The summed E-state index contributed by atoms with van der Waals surface area (Å²) in [5.74, 6) is -0.729. The Bertz CT molecular complexity index is 378. The van der Waals surface area contributed by atoms with Gasteiger partial charge < -0.3 is 10.5 Å². The molecule has 0 spiro atoms. The predicted molar refractivity (Wildman–Crippen MR) is 48.8 cm³/mol. The topological polar surface area (TPSA) is 52.3 Å². The SMILES string of the molecule is N[C@@H]1CCOc2c(F)cccc2C1=O. The third-order valence-electron chi connectivity index (χ3n) is 2.24. The summed E-state index contributed by atoms with van der Waals surface area (Å²) in [6, 6.07) is 3.69. The predicted octanol–water partition coefficient (Wildman–Crippen LogP) is 1.12. The van der Waals surface area contributed by atoms with Gasteiger partial charge >= 0.3 is 0 Å². The van der Waals surface area contributed by atoms with Crippen LogP contribution in [0.2, 0.25) is 0 Å². The first kappa shape index (κ1) is 9.15. The zero-order valence-corrected chi connectivity index (χ0v) is 7.50. The number of hydrogen-bond acceptors (Lipinski definition) is 3. The molecule has 1 aromatic carbocycles. The molecule has 14 heavy (non-hydrogen) atoms. The molecule has 0 saturated heterocycles. The van der Waals surface area contributed by atoms with Gasteiger partial charge in [0.25, 0.3) is 0 Å². The van der Waals surface area contributed by atoms with Gasteiger partial charge in [-0.2, -0.15) is 0 Å². The zero-order chi connectivity index (χ0) is 10.1. The van der Waals surface area contributed by atoms with Crippen molar-refractivity contribution in [3.8, 4) is 5.75 Å². The summed E-state index contributed by atoms with van der Waals surface area (Å²) in [5.41, 5.74) is 5.84. The van der Waals surface area contributed by atoms with E-state index >= 15 is 0 Å². The summed E-state index contributed by atoms with van der Waals surface area (Å²) in [5, 5.41) is 0. The fourth-order valence-electron chi connectivity index (χ4n) is 1.47. The van der Waals surface area contributed by atoms with E-state index in [9.17, 15) is 9.18 Å². The summed E-state index contributed by atoms with van der Waals surface area (Å²) in [7, 11) is 0. The van der Waals surface area contributed by atoms with Crippen LogP contribution in [0.15, 0.2) is 18.2 Å². The van der Waals surface area contributed by atoms with Gasteiger partial charge in [-0.1, -0.05) is 6.07 Å². The third kappa shape index (κ3) is 1.37. The summed E-state index contributed by atoms with van der Waals surface area (Å²) in [6.07, 6.45) is 0.424. The maximum Gasteiger partial charge on any atom is 0.183 e. The van der Waals surface area contributed by atoms with Gasteiger partial charge in [-0.15, -0.1) is 0 Å². The number of benzene rings is 1. The number of para-hydroxylation sites is 1. The molecular weight excluding hydrogens is 185 g/mol. The van der Waals surface area contributed by atoms with Crippen molar-refractivity contribution in [2.75, 3.05) is 6.61 Å². The highest BCUT2D eigenvalue weighted by Crippen LogP contribution is 2.26. The van der Waals surface area contributed by atoms with Crippen LogP contribution in [0.5, 0.6) is 5.75 Å². The first-order chi connectivity index (χ1) is 6.70. The lowest BCUT2D eigenvalue weighted by Gasteiger charge is -2.06. The Hall–Kier alpha value is -1.42. The minimum atomic E-state index is -0.585. The third-order valence-corrected chi connectivity index (χ3v) is 2.24. The number of rotatable bonds is 0. The van der Waals surface area contributed by atoms with Crippen LogP contribution in [0.3, 0.4) is 0 Å². The standard InChI is InChI=1S/C10H10FNO2/c11-7-3-1-2-6-9(13)8(12)4-5-14-10(6)7/h1-3,8H,4-5,12H2/t8-/m1/s1. The van der Waals surface area contributed by atoms with Gasteiger partial charge in [0.2, 0.25) is 0 Å². The molecule has 1 aliphatic rings. The maximum atomic E-state index is 13.2. The number of halogens is 1. The fourth-order valence-corrected chi connectivity index (χ4v) is 1.47. The van der Waals surface area contributed by atoms with E-state index in [-0.39, 0.29) is 23.7 Å². The number of ketones is 1. The van der Waals surface area contributed by atoms with Crippen LogP contribution in [0.1, 0.15) is 16.8 Å². The normalized spacial score (nSPS) is 21.0. The Labute approximate surface area is 80.7 Å². The van der Waals surface area contributed by atoms with Gasteiger partial charge in [0.15, 0.2) is 17.3 Å². The van der Waals surface area contributed by atoms with Crippen LogP contribution in [-0.2, 0) is 0 Å². The number of carbonyl (C=O) groups excluding carboxylic acids is 1. The van der Waals surface area contributed by atoms with Crippen LogP contribution < -0.4 is 10.5 Å². The highest BCUT2D eigenvalue weighted by atomic mass is 19.1. The quantitative estimate of drug-likeness (QED) is 0.674. The molecule has 1 atom stereocenters. The highest BCUT2D eigenvalue weighted by molar-refractivity contribution is 6.02. The molecular formula is C10H10FNO2. The van der Waals surface area contributed by atoms with Gasteiger partial charge in [-0.25, -0.2) is 4.39 Å². The molecule has 1 aliphatic heterocycles. The molecule has 1 heterocycles. The van der Waals surface area contributed by atoms with Crippen LogP contribution in [0, 0.1) is 5.82 Å². The summed E-state index contributed by atoms with van der Waals surface area (Å²) in [4.78, 5) is 11.6. The molecule has 0 unspecified atom stereocenters. The lowest BCUT2D eigenvalue weighted by Crippen LogP contribution is -2.30. The molecule has 0 radical (unpaired) electrons. The lowest BCUT2D eigenvalue weighted by molar-refractivity contribution is 0.0960. The van der Waals surface area contributed by atoms with Crippen molar-refractivity contribution in [3.05, 3.63) is 29.6 Å². The minimum absolute atomic E-state index is 0.0328. The van der Waals surface area contributed by atoms with Gasteiger partial charge in [0, 0.05) is 6.42 Å². The van der Waals surface area contributed by atoms with Crippen LogP contribution >= 0.6 is 0 Å². The molecule has 0 aliphatic carbocycles. The molecule has 0 bridgehead atoms. The fraction of sp³-hybridized carbons (Fsp3) is 0.300. The largest absolute Gasteiger partial charge is 0.490 e. The average Bonchev–Trinajstić information content (AvgIpc) is 2.31. The van der Waals surface area contributed by atoms with E-state index in [4.69, 9.17) is 10.5 Å². The van der Waals surface area contributed by atoms with Crippen LogP contribution in [0.25, 0.3) is 0 Å². The number of ether oxygens (including phenoxy) is 1. The van der Waals surface area contributed by atoms with Gasteiger partial charge in [0.1, 0.15) is 0 Å². The second-order valence-corrected chi connectivity index (χ2v) is 3.22. The van der Waals surface area contributed by atoms with E-state index in [1.807, 2.05) is 0 Å². The molecule has 2 N–H and O–H groups in total. The van der Waals surface area contributed by atoms with Crippen molar-refractivity contribution in [2.24, 2.45) is 5.73 Å². The van der Waals surface area contributed by atoms with Crippen molar-refractivity contribution < 1.29 is 13.9 Å². The van der Waals surface area contributed by atoms with Crippen LogP contribution in [-0.4, -0.2) is 18.4 Å². The zero-order valence-electron chi connectivity index (χ0n) is 7.50. The maximum absolute atomic E-state index is 13.2. The summed E-state index contributed by atoms with van der Waals surface area (Å²) < 4.78 is 18.4. The van der Waals surface area contributed by atoms with E-state index in [0.717, 1.165) is 0 Å². The second-order valence-electron chi connectivity index (χ2n) is 3.22. The Morgan fingerprint density at radius 3 is 3.07 bits per heavy atom. The van der Waals surface area contributed by atoms with E-state index in [0.29, 0.717) is 6.42 Å². The number of hydrogen-bond donors (Lipinski definition) is 1. The Kier molecular flexibility index (Phi) is 2.21. The number of carbonyl (C=O) groups is 1. The van der Waals surface area contributed by atoms with Gasteiger partial charge in [-0.05, 0) is 12.1 Å². The van der Waals surface area contributed by atoms with Crippen molar-refractivity contribution in [1.82, 2.24) is 0 Å². The molecule has 3 nitrogen and oxygen atoms in total. The number of nitrogens with two attached hydrogens (primary N) is 1. The first-order valence-corrected chi connectivity index (χ1v) is 4.41. The van der Waals surface area contributed by atoms with E-state index in [1.54, 1.807) is 0 Å². The Balaban J connectivity index is 2.53. The van der Waals surface area contributed by atoms with Crippen molar-refractivity contribution in [2.45, 2.75) is 12.5 Å². The molecule has 0 amide bonds. The molecule has 2 rings (SSSR count). The van der Waals surface area contributed by atoms with Crippen molar-refractivity contribution in [3.63, 3.8) is 0 Å². The van der Waals surface area contributed by atoms with Crippen molar-refractivity contribution >= 4 is 5.78 Å². The Morgan fingerprint density at radius 1 is 1.50 bits per heavy atom. The molecule has 1 aromatic rings. The number of fused-ring (bicyclic) bond motifs is 1. The highest BCUT2D eigenvalue weighted by Gasteiger charge is 2.25. The molecule has 74 valence electrons. The minimum Gasteiger partial charge on any atom is -0.490 e. The van der Waals surface area contributed by atoms with E-state index in [2.05, 4.69) is 0 Å². The average molecular weight is 195 g/mol. The van der Waals surface area contributed by atoms with Gasteiger partial charge in [0.05, 0.1) is 18.2 Å². The monoisotopic (exact) mass is 195 g/mol. The molecule has 4 heteroatoms. The van der Waals surface area contributed by atoms with E-state index in [1.165, 1.54) is 18.2 Å². The lowest BCUT2D eigenvalue weighted by atomic mass is 10.0. The molecule has 0 fully saturated rings. The van der Waals surface area contributed by atoms with Gasteiger partial charge in [-0.3, -0.25) is 4.79 Å². The summed E-state index contributed by atoms with van der Waals surface area (Å²) in [6.45, 7) is 0.279.